The number of hydrogen-bond acceptors (Lipinski definition) is 5. The first kappa shape index (κ1) is 17.1. The second-order valence-corrected chi connectivity index (χ2v) is 5.61. The Hall–Kier alpha value is -2.73. The van der Waals surface area contributed by atoms with E-state index in [1.807, 2.05) is 18.2 Å². The third-order valence-electron chi connectivity index (χ3n) is 4.22. The van der Waals surface area contributed by atoms with E-state index in [9.17, 15) is 4.79 Å². The van der Waals surface area contributed by atoms with Crippen LogP contribution in [0.2, 0.25) is 0 Å². The number of carbonyl (C=O) groups is 1. The van der Waals surface area contributed by atoms with Crippen molar-refractivity contribution in [3.63, 3.8) is 0 Å². The number of rotatable bonds is 4. The first-order chi connectivity index (χ1) is 12.2. The number of carbonyl (C=O) groups excluding carboxylic acids is 1. The highest BCUT2D eigenvalue weighted by molar-refractivity contribution is 5.95. The molecule has 0 spiro atoms. The summed E-state index contributed by atoms with van der Waals surface area (Å²) in [4.78, 5) is 18.6. The summed E-state index contributed by atoms with van der Waals surface area (Å²) in [6.07, 6.45) is 0.742. The maximum absolute atomic E-state index is 12.9. The number of methoxy groups -OCH3 is 3. The second-order valence-electron chi connectivity index (χ2n) is 5.61. The topological polar surface area (TPSA) is 57.2 Å². The zero-order chi connectivity index (χ0) is 17.8. The van der Waals surface area contributed by atoms with Gasteiger partial charge in [-0.15, -0.1) is 0 Å². The average Bonchev–Trinajstić information content (AvgIpc) is 2.88. The van der Waals surface area contributed by atoms with E-state index < -0.39 is 0 Å². The Balaban J connectivity index is 1.86. The van der Waals surface area contributed by atoms with Crippen molar-refractivity contribution in [2.24, 2.45) is 0 Å². The minimum Gasteiger partial charge on any atom is -0.493 e. The molecule has 0 fully saturated rings. The molecule has 1 aliphatic heterocycles. The van der Waals surface area contributed by atoms with Crippen LogP contribution in [0, 0.1) is 0 Å². The molecule has 1 aliphatic rings. The van der Waals surface area contributed by atoms with Crippen molar-refractivity contribution in [3.8, 4) is 17.2 Å². The summed E-state index contributed by atoms with van der Waals surface area (Å²) >= 11 is 0. The third kappa shape index (κ3) is 3.39. The maximum Gasteiger partial charge on any atom is 0.277 e. The number of amides is 1. The number of benzene rings is 2. The molecule has 0 aromatic heterocycles. The van der Waals surface area contributed by atoms with Gasteiger partial charge in [0.2, 0.25) is 5.75 Å². The largest absolute Gasteiger partial charge is 0.493 e. The highest BCUT2D eigenvalue weighted by Gasteiger charge is 2.24. The molecule has 2 aromatic carbocycles. The molecule has 0 atom stereocenters. The smallest absolute Gasteiger partial charge is 0.277 e. The predicted octanol–water partition coefficient (Wildman–Crippen LogP) is 2.84. The molecule has 6 heteroatoms. The van der Waals surface area contributed by atoms with Crippen LogP contribution >= 0.6 is 0 Å². The van der Waals surface area contributed by atoms with Gasteiger partial charge in [-0.25, -0.2) is 5.06 Å². The molecule has 1 heterocycles. The van der Waals surface area contributed by atoms with E-state index in [4.69, 9.17) is 19.0 Å². The maximum atomic E-state index is 12.9. The molecule has 25 heavy (non-hydrogen) atoms. The number of fused-ring (bicyclic) bond motifs is 1. The number of ether oxygens (including phenoxy) is 3. The second kappa shape index (κ2) is 7.44. The zero-order valence-corrected chi connectivity index (χ0v) is 14.6. The molecule has 2 aromatic rings. The third-order valence-corrected chi connectivity index (χ3v) is 4.22. The summed E-state index contributed by atoms with van der Waals surface area (Å²) in [5.74, 6) is 1.07. The number of nitrogens with zero attached hydrogens (tertiary/aromatic N) is 1. The SMILES string of the molecule is COc1cc(C(=O)N2CCc3ccccc3CO2)cc(OC)c1OC. The van der Waals surface area contributed by atoms with Crippen LogP contribution < -0.4 is 14.2 Å². The van der Waals surface area contributed by atoms with Gasteiger partial charge in [-0.05, 0) is 29.7 Å². The Bertz CT molecular complexity index is 722. The fraction of sp³-hybridized carbons (Fsp3) is 0.316. The van der Waals surface area contributed by atoms with Crippen molar-refractivity contribution in [2.45, 2.75) is 13.0 Å². The van der Waals surface area contributed by atoms with Crippen LogP contribution in [0.5, 0.6) is 17.2 Å². The van der Waals surface area contributed by atoms with E-state index in [0.717, 1.165) is 12.0 Å². The molecule has 0 aliphatic carbocycles. The lowest BCUT2D eigenvalue weighted by Crippen LogP contribution is -2.31. The molecule has 0 unspecified atom stereocenters. The predicted molar refractivity (Wildman–Crippen MR) is 92.1 cm³/mol. The van der Waals surface area contributed by atoms with E-state index in [0.29, 0.717) is 36.0 Å². The highest BCUT2D eigenvalue weighted by atomic mass is 16.7. The van der Waals surface area contributed by atoms with Crippen LogP contribution in [-0.4, -0.2) is 38.8 Å². The summed E-state index contributed by atoms with van der Waals surface area (Å²) < 4.78 is 15.9. The monoisotopic (exact) mass is 343 g/mol. The van der Waals surface area contributed by atoms with Gasteiger partial charge in [0.05, 0.1) is 27.9 Å². The van der Waals surface area contributed by atoms with Gasteiger partial charge in [-0.1, -0.05) is 24.3 Å². The van der Waals surface area contributed by atoms with Gasteiger partial charge < -0.3 is 14.2 Å². The van der Waals surface area contributed by atoms with Crippen molar-refractivity contribution in [2.75, 3.05) is 27.9 Å². The summed E-state index contributed by atoms with van der Waals surface area (Å²) in [5.41, 5.74) is 2.71. The number of hydrogen-bond donors (Lipinski definition) is 0. The van der Waals surface area contributed by atoms with Gasteiger partial charge in [0.1, 0.15) is 6.61 Å². The van der Waals surface area contributed by atoms with Crippen molar-refractivity contribution in [1.29, 1.82) is 0 Å². The molecular weight excluding hydrogens is 322 g/mol. The molecule has 3 rings (SSSR count). The summed E-state index contributed by atoms with van der Waals surface area (Å²) in [6, 6.07) is 11.3. The molecule has 0 bridgehead atoms. The lowest BCUT2D eigenvalue weighted by molar-refractivity contribution is -0.129. The van der Waals surface area contributed by atoms with Gasteiger partial charge in [-0.3, -0.25) is 9.63 Å². The highest BCUT2D eigenvalue weighted by Crippen LogP contribution is 2.38. The molecule has 0 N–H and O–H groups in total. The minimum absolute atomic E-state index is 0.243. The van der Waals surface area contributed by atoms with Crippen molar-refractivity contribution in [1.82, 2.24) is 5.06 Å². The summed E-state index contributed by atoms with van der Waals surface area (Å²) in [6.45, 7) is 0.846. The van der Waals surface area contributed by atoms with Crippen LogP contribution in [0.15, 0.2) is 36.4 Å². The van der Waals surface area contributed by atoms with Gasteiger partial charge >= 0.3 is 0 Å². The van der Waals surface area contributed by atoms with E-state index in [1.54, 1.807) is 12.1 Å². The zero-order valence-electron chi connectivity index (χ0n) is 14.6. The molecule has 6 nitrogen and oxygen atoms in total. The Kier molecular flexibility index (Phi) is 5.09. The minimum atomic E-state index is -0.243. The van der Waals surface area contributed by atoms with E-state index in [-0.39, 0.29) is 5.91 Å². The normalized spacial score (nSPS) is 13.6. The van der Waals surface area contributed by atoms with Gasteiger partial charge in [0.25, 0.3) is 5.91 Å². The molecule has 132 valence electrons. The van der Waals surface area contributed by atoms with Gasteiger partial charge in [0.15, 0.2) is 11.5 Å². The molecule has 0 radical (unpaired) electrons. The van der Waals surface area contributed by atoms with Crippen molar-refractivity contribution in [3.05, 3.63) is 53.1 Å². The van der Waals surface area contributed by atoms with Gasteiger partial charge in [0, 0.05) is 5.56 Å². The quantitative estimate of drug-likeness (QED) is 0.854. The van der Waals surface area contributed by atoms with E-state index in [2.05, 4.69) is 6.07 Å². The lowest BCUT2D eigenvalue weighted by Gasteiger charge is -2.20. The molecule has 1 amide bonds. The van der Waals surface area contributed by atoms with Crippen LogP contribution in [0.25, 0.3) is 0 Å². The fourth-order valence-corrected chi connectivity index (χ4v) is 2.88. The Labute approximate surface area is 146 Å². The van der Waals surface area contributed by atoms with Crippen LogP contribution in [0.3, 0.4) is 0 Å². The van der Waals surface area contributed by atoms with Crippen molar-refractivity contribution < 1.29 is 23.8 Å². The van der Waals surface area contributed by atoms with E-state index >= 15 is 0 Å². The molecule has 0 saturated carbocycles. The van der Waals surface area contributed by atoms with Crippen molar-refractivity contribution >= 4 is 5.91 Å². The Morgan fingerprint density at radius 1 is 1.00 bits per heavy atom. The Morgan fingerprint density at radius 2 is 1.64 bits per heavy atom. The standard InChI is InChI=1S/C19H21NO5/c1-22-16-10-15(11-17(23-2)18(16)24-3)19(21)20-9-8-13-6-4-5-7-14(13)12-25-20/h4-7,10-11H,8-9,12H2,1-3H3. The van der Waals surface area contributed by atoms with E-state index in [1.165, 1.54) is 32.0 Å². The Morgan fingerprint density at radius 3 is 2.24 bits per heavy atom. The summed E-state index contributed by atoms with van der Waals surface area (Å²) in [5, 5.41) is 1.39. The molecule has 0 saturated heterocycles. The summed E-state index contributed by atoms with van der Waals surface area (Å²) in [7, 11) is 4.56. The first-order valence-electron chi connectivity index (χ1n) is 7.99. The van der Waals surface area contributed by atoms with Crippen LogP contribution in [-0.2, 0) is 17.9 Å². The van der Waals surface area contributed by atoms with Crippen LogP contribution in [0.4, 0.5) is 0 Å². The lowest BCUT2D eigenvalue weighted by atomic mass is 10.1. The number of hydroxylamine groups is 2. The fourth-order valence-electron chi connectivity index (χ4n) is 2.88. The first-order valence-corrected chi connectivity index (χ1v) is 7.99. The average molecular weight is 343 g/mol. The molecular formula is C19H21NO5. The van der Waals surface area contributed by atoms with Crippen LogP contribution in [0.1, 0.15) is 21.5 Å². The van der Waals surface area contributed by atoms with Gasteiger partial charge in [-0.2, -0.15) is 0 Å².